The first-order chi connectivity index (χ1) is 11.1. The van der Waals surface area contributed by atoms with Gasteiger partial charge < -0.3 is 25.8 Å². The van der Waals surface area contributed by atoms with E-state index < -0.39 is 5.91 Å². The molecule has 0 saturated carbocycles. The zero-order valence-corrected chi connectivity index (χ0v) is 13.0. The minimum absolute atomic E-state index is 0.00309. The molecule has 1 aliphatic rings. The van der Waals surface area contributed by atoms with E-state index in [0.29, 0.717) is 38.2 Å². The molecule has 7 heteroatoms. The van der Waals surface area contributed by atoms with Crippen LogP contribution in [-0.4, -0.2) is 67.3 Å². The maximum absolute atomic E-state index is 12.1. The van der Waals surface area contributed by atoms with Crippen LogP contribution in [0.2, 0.25) is 0 Å². The summed E-state index contributed by atoms with van der Waals surface area (Å²) in [5.41, 5.74) is 6.62. The molecule has 4 N–H and O–H groups in total. The third-order valence-corrected chi connectivity index (χ3v) is 3.85. The van der Waals surface area contributed by atoms with Crippen molar-refractivity contribution in [1.29, 1.82) is 0 Å². The molecule has 0 bridgehead atoms. The highest BCUT2D eigenvalue weighted by atomic mass is 16.5. The van der Waals surface area contributed by atoms with Gasteiger partial charge in [-0.05, 0) is 18.1 Å². The Morgan fingerprint density at radius 3 is 2.91 bits per heavy atom. The molecule has 0 aliphatic carbocycles. The van der Waals surface area contributed by atoms with Gasteiger partial charge in [0.05, 0.1) is 13.2 Å². The lowest BCUT2D eigenvalue weighted by atomic mass is 10.0. The van der Waals surface area contributed by atoms with Crippen LogP contribution >= 0.6 is 0 Å². The van der Waals surface area contributed by atoms with Crippen molar-refractivity contribution in [2.24, 2.45) is 5.73 Å². The molecule has 2 rings (SSSR count). The maximum atomic E-state index is 12.1. The number of ether oxygens (including phenoxy) is 1. The van der Waals surface area contributed by atoms with Crippen LogP contribution in [0.5, 0.6) is 0 Å². The van der Waals surface area contributed by atoms with Crippen molar-refractivity contribution in [3.05, 3.63) is 35.4 Å². The molecular formula is C16H23N3O4. The van der Waals surface area contributed by atoms with Gasteiger partial charge in [-0.3, -0.25) is 9.59 Å². The van der Waals surface area contributed by atoms with Crippen molar-refractivity contribution in [1.82, 2.24) is 10.2 Å². The Morgan fingerprint density at radius 2 is 2.17 bits per heavy atom. The zero-order valence-electron chi connectivity index (χ0n) is 13.0. The predicted molar refractivity (Wildman–Crippen MR) is 84.9 cm³/mol. The summed E-state index contributed by atoms with van der Waals surface area (Å²) in [4.78, 5) is 25.1. The molecule has 0 spiro atoms. The van der Waals surface area contributed by atoms with E-state index in [1.165, 1.54) is 0 Å². The lowest BCUT2D eigenvalue weighted by Crippen LogP contribution is -2.54. The average Bonchev–Trinajstić information content (AvgIpc) is 2.58. The molecular weight excluding hydrogens is 298 g/mol. The van der Waals surface area contributed by atoms with Crippen LogP contribution in [0.1, 0.15) is 15.9 Å². The third-order valence-electron chi connectivity index (χ3n) is 3.85. The van der Waals surface area contributed by atoms with Gasteiger partial charge in [-0.15, -0.1) is 0 Å². The van der Waals surface area contributed by atoms with Gasteiger partial charge in [-0.2, -0.15) is 0 Å². The SMILES string of the molecule is NC(=O)c1ccccc1CCOCC(=O)N1CCN[C@H](CO)C1. The molecule has 1 atom stereocenters. The first-order valence-electron chi connectivity index (χ1n) is 7.69. The van der Waals surface area contributed by atoms with E-state index >= 15 is 0 Å². The minimum Gasteiger partial charge on any atom is -0.395 e. The second-order valence-corrected chi connectivity index (χ2v) is 5.50. The fourth-order valence-corrected chi connectivity index (χ4v) is 2.59. The third kappa shape index (κ3) is 5.02. The van der Waals surface area contributed by atoms with Crippen LogP contribution in [0.15, 0.2) is 24.3 Å². The van der Waals surface area contributed by atoms with Gasteiger partial charge in [0, 0.05) is 31.2 Å². The van der Waals surface area contributed by atoms with Crippen LogP contribution in [0.25, 0.3) is 0 Å². The van der Waals surface area contributed by atoms with E-state index in [9.17, 15) is 9.59 Å². The van der Waals surface area contributed by atoms with E-state index in [1.807, 2.05) is 12.1 Å². The second kappa shape index (κ2) is 8.61. The zero-order chi connectivity index (χ0) is 16.7. The number of aliphatic hydroxyl groups is 1. The van der Waals surface area contributed by atoms with Crippen LogP contribution in [0.3, 0.4) is 0 Å². The fourth-order valence-electron chi connectivity index (χ4n) is 2.59. The summed E-state index contributed by atoms with van der Waals surface area (Å²) in [5.74, 6) is -0.555. The number of carbonyl (C=O) groups excluding carboxylic acids is 2. The normalized spacial score (nSPS) is 18.0. The van der Waals surface area contributed by atoms with Crippen molar-refractivity contribution in [3.8, 4) is 0 Å². The highest BCUT2D eigenvalue weighted by molar-refractivity contribution is 5.94. The Kier molecular flexibility index (Phi) is 6.52. The molecule has 0 aromatic heterocycles. The van der Waals surface area contributed by atoms with Crippen LogP contribution in [0, 0.1) is 0 Å². The van der Waals surface area contributed by atoms with Gasteiger partial charge in [0.15, 0.2) is 0 Å². The molecule has 1 saturated heterocycles. The standard InChI is InChI=1S/C16H23N3O4/c17-16(22)14-4-2-1-3-12(14)5-8-23-11-15(21)19-7-6-18-13(9-19)10-20/h1-4,13,18,20H,5-11H2,(H2,17,22)/t13-/m0/s1. The summed E-state index contributed by atoms with van der Waals surface area (Å²) in [6.45, 7) is 2.12. The summed E-state index contributed by atoms with van der Waals surface area (Å²) in [5, 5.41) is 12.3. The Balaban J connectivity index is 1.75. The quantitative estimate of drug-likeness (QED) is 0.567. The fraction of sp³-hybridized carbons (Fsp3) is 0.500. The van der Waals surface area contributed by atoms with Crippen molar-refractivity contribution in [2.75, 3.05) is 39.5 Å². The number of nitrogens with zero attached hydrogens (tertiary/aromatic N) is 1. The number of rotatable bonds is 7. The Hall–Kier alpha value is -1.96. The Morgan fingerprint density at radius 1 is 1.39 bits per heavy atom. The van der Waals surface area contributed by atoms with Gasteiger partial charge in [0.25, 0.3) is 0 Å². The summed E-state index contributed by atoms with van der Waals surface area (Å²) in [7, 11) is 0. The lowest BCUT2D eigenvalue weighted by molar-refractivity contribution is -0.137. The molecule has 1 aromatic carbocycles. The predicted octanol–water partition coefficient (Wildman–Crippen LogP) is -0.863. The number of amides is 2. The van der Waals surface area contributed by atoms with Gasteiger partial charge in [0.2, 0.25) is 11.8 Å². The number of hydrogen-bond donors (Lipinski definition) is 3. The van der Waals surface area contributed by atoms with E-state index in [-0.39, 0.29) is 25.2 Å². The maximum Gasteiger partial charge on any atom is 0.248 e. The summed E-state index contributed by atoms with van der Waals surface area (Å²) >= 11 is 0. The van der Waals surface area contributed by atoms with Gasteiger partial charge >= 0.3 is 0 Å². The molecule has 2 amide bonds. The minimum atomic E-state index is -0.465. The number of hydrogen-bond acceptors (Lipinski definition) is 5. The number of primary amides is 1. The van der Waals surface area contributed by atoms with Gasteiger partial charge in [-0.1, -0.05) is 18.2 Å². The number of nitrogens with one attached hydrogen (secondary N) is 1. The molecule has 7 nitrogen and oxygen atoms in total. The molecule has 1 heterocycles. The van der Waals surface area contributed by atoms with E-state index in [0.717, 1.165) is 5.56 Å². The molecule has 0 unspecified atom stereocenters. The molecule has 126 valence electrons. The molecule has 0 radical (unpaired) electrons. The largest absolute Gasteiger partial charge is 0.395 e. The van der Waals surface area contributed by atoms with Gasteiger partial charge in [-0.25, -0.2) is 0 Å². The van der Waals surface area contributed by atoms with Crippen LogP contribution in [-0.2, 0) is 16.0 Å². The number of carbonyl (C=O) groups is 2. The highest BCUT2D eigenvalue weighted by Crippen LogP contribution is 2.09. The Labute approximate surface area is 135 Å². The monoisotopic (exact) mass is 321 g/mol. The number of aliphatic hydroxyl groups excluding tert-OH is 1. The summed E-state index contributed by atoms with van der Waals surface area (Å²) in [6.07, 6.45) is 0.521. The molecule has 1 aliphatic heterocycles. The van der Waals surface area contributed by atoms with Gasteiger partial charge in [0.1, 0.15) is 6.61 Å². The van der Waals surface area contributed by atoms with E-state index in [1.54, 1.807) is 17.0 Å². The molecule has 1 fully saturated rings. The Bertz CT molecular complexity index is 550. The van der Waals surface area contributed by atoms with E-state index in [4.69, 9.17) is 15.6 Å². The molecule has 23 heavy (non-hydrogen) atoms. The smallest absolute Gasteiger partial charge is 0.248 e. The summed E-state index contributed by atoms with van der Waals surface area (Å²) in [6, 6.07) is 7.03. The van der Waals surface area contributed by atoms with Crippen molar-refractivity contribution >= 4 is 11.8 Å². The van der Waals surface area contributed by atoms with Crippen molar-refractivity contribution < 1.29 is 19.4 Å². The summed E-state index contributed by atoms with van der Waals surface area (Å²) < 4.78 is 5.43. The number of benzene rings is 1. The first kappa shape index (κ1) is 17.4. The number of nitrogens with two attached hydrogens (primary N) is 1. The highest BCUT2D eigenvalue weighted by Gasteiger charge is 2.22. The topological polar surface area (TPSA) is 105 Å². The average molecular weight is 321 g/mol. The molecule has 1 aromatic rings. The van der Waals surface area contributed by atoms with Crippen molar-refractivity contribution in [2.45, 2.75) is 12.5 Å². The lowest BCUT2D eigenvalue weighted by Gasteiger charge is -2.32. The van der Waals surface area contributed by atoms with Crippen molar-refractivity contribution in [3.63, 3.8) is 0 Å². The second-order valence-electron chi connectivity index (χ2n) is 5.50. The number of piperazine rings is 1. The first-order valence-corrected chi connectivity index (χ1v) is 7.69. The van der Waals surface area contributed by atoms with E-state index in [2.05, 4.69) is 5.32 Å². The van der Waals surface area contributed by atoms with Crippen LogP contribution < -0.4 is 11.1 Å². The van der Waals surface area contributed by atoms with Crippen LogP contribution in [0.4, 0.5) is 0 Å².